The second kappa shape index (κ2) is 14.9. The van der Waals surface area contributed by atoms with E-state index in [4.69, 9.17) is 15.0 Å². The van der Waals surface area contributed by atoms with Gasteiger partial charge in [-0.15, -0.1) is 11.3 Å². The molecule has 0 bridgehead atoms. The van der Waals surface area contributed by atoms with Crippen molar-refractivity contribution in [1.29, 1.82) is 0 Å². The molecule has 12 aromatic rings. The number of nitrogens with zero attached hydrogens (tertiary/aromatic N) is 4. The molecule has 4 nitrogen and oxygen atoms in total. The molecule has 0 unspecified atom stereocenters. The Morgan fingerprint density at radius 2 is 0.726 bits per heavy atom. The first kappa shape index (κ1) is 35.9. The molecule has 0 atom stereocenters. The predicted octanol–water partition coefficient (Wildman–Crippen LogP) is 15.3. The zero-order chi connectivity index (χ0) is 41.0. The van der Waals surface area contributed by atoms with Crippen molar-refractivity contribution in [3.63, 3.8) is 0 Å². The lowest BCUT2D eigenvalue weighted by Crippen LogP contribution is -2.02. The summed E-state index contributed by atoms with van der Waals surface area (Å²) in [5.74, 6) is 1.87. The van der Waals surface area contributed by atoms with E-state index in [0.29, 0.717) is 17.5 Å². The number of thiophene rings is 1. The monoisotopic (exact) mass is 808 g/mol. The van der Waals surface area contributed by atoms with Gasteiger partial charge in [-0.3, -0.25) is 0 Å². The Kier molecular flexibility index (Phi) is 8.65. The maximum atomic E-state index is 5.23. The lowest BCUT2D eigenvalue weighted by molar-refractivity contribution is 1.07. The highest BCUT2D eigenvalue weighted by Crippen LogP contribution is 2.40. The minimum atomic E-state index is 0.612. The van der Waals surface area contributed by atoms with Crippen LogP contribution < -0.4 is 0 Å². The minimum absolute atomic E-state index is 0.612. The second-order valence-electron chi connectivity index (χ2n) is 15.6. The molecular weight excluding hydrogens is 773 g/mol. The molecule has 0 aliphatic rings. The van der Waals surface area contributed by atoms with Gasteiger partial charge in [0.15, 0.2) is 17.5 Å². The van der Waals surface area contributed by atoms with Gasteiger partial charge in [0.05, 0.1) is 16.7 Å². The number of hydrogen-bond donors (Lipinski definition) is 0. The van der Waals surface area contributed by atoms with Crippen molar-refractivity contribution in [2.24, 2.45) is 0 Å². The summed E-state index contributed by atoms with van der Waals surface area (Å²) in [6.07, 6.45) is 0. The minimum Gasteiger partial charge on any atom is -0.309 e. The summed E-state index contributed by atoms with van der Waals surface area (Å²) in [6, 6.07) is 77.6. The van der Waals surface area contributed by atoms with Crippen LogP contribution in [0.25, 0.3) is 115 Å². The van der Waals surface area contributed by atoms with Crippen molar-refractivity contribution in [2.75, 3.05) is 0 Å². The van der Waals surface area contributed by atoms with Crippen LogP contribution in [0.3, 0.4) is 0 Å². The van der Waals surface area contributed by atoms with E-state index in [1.54, 1.807) is 0 Å². The maximum absolute atomic E-state index is 5.23. The zero-order valence-electron chi connectivity index (χ0n) is 33.5. The topological polar surface area (TPSA) is 43.6 Å². The second-order valence-corrected chi connectivity index (χ2v) is 16.7. The van der Waals surface area contributed by atoms with Gasteiger partial charge >= 0.3 is 0 Å². The molecule has 12 rings (SSSR count). The Hall–Kier alpha value is -7.99. The van der Waals surface area contributed by atoms with E-state index in [9.17, 15) is 0 Å². The van der Waals surface area contributed by atoms with Crippen molar-refractivity contribution < 1.29 is 0 Å². The molecule has 0 radical (unpaired) electrons. The van der Waals surface area contributed by atoms with Crippen LogP contribution in [0.2, 0.25) is 0 Å². The van der Waals surface area contributed by atoms with Gasteiger partial charge in [0.1, 0.15) is 0 Å². The molecule has 0 amide bonds. The fourth-order valence-corrected chi connectivity index (χ4v) is 9.97. The Balaban J connectivity index is 1.00. The molecule has 0 N–H and O–H groups in total. The molecule has 0 aliphatic heterocycles. The van der Waals surface area contributed by atoms with E-state index >= 15 is 0 Å². The first-order chi connectivity index (χ1) is 30.7. The lowest BCUT2D eigenvalue weighted by Gasteiger charge is -2.17. The summed E-state index contributed by atoms with van der Waals surface area (Å²) in [5.41, 5.74) is 13.0. The van der Waals surface area contributed by atoms with E-state index < -0.39 is 0 Å². The van der Waals surface area contributed by atoms with E-state index in [2.05, 4.69) is 205 Å². The van der Waals surface area contributed by atoms with Gasteiger partial charge in [0, 0.05) is 53.2 Å². The number of benzene rings is 9. The molecule has 9 aromatic carbocycles. The fraction of sp³-hybridized carbons (Fsp3) is 0. The molecule has 5 heteroatoms. The molecule has 0 saturated heterocycles. The predicted molar refractivity (Wildman–Crippen MR) is 260 cm³/mol. The quantitative estimate of drug-likeness (QED) is 0.161. The summed E-state index contributed by atoms with van der Waals surface area (Å²) in [4.78, 5) is 15.5. The number of hydrogen-bond acceptors (Lipinski definition) is 4. The van der Waals surface area contributed by atoms with Crippen molar-refractivity contribution in [1.82, 2.24) is 19.5 Å². The van der Waals surface area contributed by atoms with Crippen molar-refractivity contribution in [3.05, 3.63) is 218 Å². The normalized spacial score (nSPS) is 11.5. The summed E-state index contributed by atoms with van der Waals surface area (Å²) >= 11 is 1.84. The average molecular weight is 809 g/mol. The van der Waals surface area contributed by atoms with Gasteiger partial charge in [-0.1, -0.05) is 188 Å². The Morgan fingerprint density at radius 1 is 0.290 bits per heavy atom. The third-order valence-electron chi connectivity index (χ3n) is 11.9. The Morgan fingerprint density at radius 3 is 1.39 bits per heavy atom. The summed E-state index contributed by atoms with van der Waals surface area (Å²) in [7, 11) is 0. The van der Waals surface area contributed by atoms with Crippen molar-refractivity contribution in [2.45, 2.75) is 0 Å². The summed E-state index contributed by atoms with van der Waals surface area (Å²) in [6.45, 7) is 0. The van der Waals surface area contributed by atoms with Gasteiger partial charge in [0.2, 0.25) is 0 Å². The highest BCUT2D eigenvalue weighted by molar-refractivity contribution is 7.25. The van der Waals surface area contributed by atoms with Crippen molar-refractivity contribution >= 4 is 53.3 Å². The zero-order valence-corrected chi connectivity index (χ0v) is 34.3. The van der Waals surface area contributed by atoms with E-state index in [1.807, 2.05) is 29.5 Å². The molecule has 0 spiro atoms. The molecule has 62 heavy (non-hydrogen) atoms. The smallest absolute Gasteiger partial charge is 0.164 e. The molecule has 0 aliphatic carbocycles. The number of rotatable bonds is 7. The SMILES string of the molecule is c1ccc(-c2ccc(-c3ccc(-c4nc(-c5ccccc5)nc(-c5ccc(-c6ccc7c(c6)sc6ccccc67)cc5)n4)cc3-n3c4ccccc4c4ccccc43)cc2)cc1. The van der Waals surface area contributed by atoms with Gasteiger partial charge in [-0.05, 0) is 58.1 Å². The van der Waals surface area contributed by atoms with Crippen LogP contribution in [0.4, 0.5) is 0 Å². The molecule has 3 aromatic heterocycles. The van der Waals surface area contributed by atoms with E-state index in [1.165, 1.54) is 47.6 Å². The first-order valence-electron chi connectivity index (χ1n) is 20.8. The third kappa shape index (κ3) is 6.26. The van der Waals surface area contributed by atoms with Crippen LogP contribution >= 0.6 is 11.3 Å². The summed E-state index contributed by atoms with van der Waals surface area (Å²) in [5, 5.41) is 5.02. The Bertz CT molecular complexity index is 3550. The highest BCUT2D eigenvalue weighted by Gasteiger charge is 2.19. The summed E-state index contributed by atoms with van der Waals surface area (Å²) < 4.78 is 4.99. The number of fused-ring (bicyclic) bond motifs is 6. The maximum Gasteiger partial charge on any atom is 0.164 e. The molecule has 0 fully saturated rings. The highest BCUT2D eigenvalue weighted by atomic mass is 32.1. The van der Waals surface area contributed by atoms with Crippen LogP contribution in [0.15, 0.2) is 218 Å². The molecule has 0 saturated carbocycles. The fourth-order valence-electron chi connectivity index (χ4n) is 8.82. The van der Waals surface area contributed by atoms with Crippen LogP contribution in [0, 0.1) is 0 Å². The van der Waals surface area contributed by atoms with E-state index in [-0.39, 0.29) is 0 Å². The van der Waals surface area contributed by atoms with Crippen LogP contribution in [0.5, 0.6) is 0 Å². The molecule has 3 heterocycles. The Labute approximate surface area is 362 Å². The third-order valence-corrected chi connectivity index (χ3v) is 13.0. The number of para-hydroxylation sites is 2. The van der Waals surface area contributed by atoms with E-state index in [0.717, 1.165) is 50.1 Å². The van der Waals surface area contributed by atoms with Crippen molar-refractivity contribution in [3.8, 4) is 73.2 Å². The van der Waals surface area contributed by atoms with Crippen LogP contribution in [-0.4, -0.2) is 19.5 Å². The first-order valence-corrected chi connectivity index (χ1v) is 21.7. The number of aromatic nitrogens is 4. The molecular formula is C57H36N4S. The van der Waals surface area contributed by atoms with Gasteiger partial charge in [0.25, 0.3) is 0 Å². The van der Waals surface area contributed by atoms with Crippen LogP contribution in [-0.2, 0) is 0 Å². The largest absolute Gasteiger partial charge is 0.309 e. The molecule has 290 valence electrons. The standard InChI is InChI=1S/C57H36N4S/c1-3-13-37(14-4-1)38-23-27-40(28-24-38)45-33-32-44(35-52(45)61-50-20-10-7-17-46(50)47-18-8-11-21-51(47)61)57-59-55(41-15-5-2-6-16-41)58-56(60-57)42-29-25-39(26-30-42)43-31-34-49-48-19-9-12-22-53(48)62-54(49)36-43/h1-36H. The van der Waals surface area contributed by atoms with Crippen LogP contribution in [0.1, 0.15) is 0 Å². The lowest BCUT2D eigenvalue weighted by atomic mass is 9.97. The average Bonchev–Trinajstić information content (AvgIpc) is 3.90. The van der Waals surface area contributed by atoms with Gasteiger partial charge in [-0.25, -0.2) is 15.0 Å². The van der Waals surface area contributed by atoms with Gasteiger partial charge < -0.3 is 4.57 Å². The van der Waals surface area contributed by atoms with Gasteiger partial charge in [-0.2, -0.15) is 0 Å².